The topological polar surface area (TPSA) is 60.4 Å². The molecule has 0 unspecified atom stereocenters. The number of esters is 1. The summed E-state index contributed by atoms with van der Waals surface area (Å²) in [6.07, 6.45) is 3.96. The van der Waals surface area contributed by atoms with Crippen molar-refractivity contribution in [3.8, 4) is 0 Å². The lowest BCUT2D eigenvalue weighted by molar-refractivity contribution is -0.159. The van der Waals surface area contributed by atoms with Crippen molar-refractivity contribution in [2.45, 2.75) is 59.6 Å². The molecule has 140 valence electrons. The lowest BCUT2D eigenvalue weighted by Crippen LogP contribution is -2.36. The van der Waals surface area contributed by atoms with Crippen molar-refractivity contribution < 1.29 is 19.0 Å². The number of nitrogens with zero attached hydrogens (tertiary/aromatic N) is 2. The first kappa shape index (κ1) is 20.9. The molecule has 0 N–H and O–H groups in total. The summed E-state index contributed by atoms with van der Waals surface area (Å²) in [6, 6.07) is 0.302. The summed E-state index contributed by atoms with van der Waals surface area (Å²) in [5.74, 6) is -0.197. The van der Waals surface area contributed by atoms with Gasteiger partial charge in [-0.05, 0) is 40.5 Å². The van der Waals surface area contributed by atoms with Crippen LogP contribution in [-0.4, -0.2) is 62.8 Å². The Morgan fingerprint density at radius 2 is 2.04 bits per heavy atom. The van der Waals surface area contributed by atoms with Gasteiger partial charge < -0.3 is 14.2 Å². The molecule has 2 atom stereocenters. The van der Waals surface area contributed by atoms with E-state index in [1.165, 1.54) is 0 Å². The Hall–Kier alpha value is -1.14. The van der Waals surface area contributed by atoms with Crippen LogP contribution in [-0.2, 0) is 19.0 Å². The summed E-state index contributed by atoms with van der Waals surface area (Å²) >= 11 is 0. The minimum Gasteiger partial charge on any atom is -0.463 e. The van der Waals surface area contributed by atoms with E-state index in [0.717, 1.165) is 19.4 Å². The molecule has 1 fully saturated rings. The monoisotopic (exact) mass is 342 g/mol. The van der Waals surface area contributed by atoms with Crippen molar-refractivity contribution in [2.75, 3.05) is 33.5 Å². The number of carbonyl (C=O) groups excluding carboxylic acids is 1. The summed E-state index contributed by atoms with van der Waals surface area (Å²) in [5.41, 5.74) is -0.599. The molecular weight excluding hydrogens is 308 g/mol. The van der Waals surface area contributed by atoms with Crippen LogP contribution in [0.1, 0.15) is 47.5 Å². The molecule has 0 aromatic heterocycles. The number of ether oxygens (including phenoxy) is 3. The molecule has 0 aromatic rings. The van der Waals surface area contributed by atoms with E-state index in [9.17, 15) is 4.79 Å². The summed E-state index contributed by atoms with van der Waals surface area (Å²) in [5, 5.41) is 6.70. The van der Waals surface area contributed by atoms with E-state index >= 15 is 0 Å². The Labute approximate surface area is 146 Å². The summed E-state index contributed by atoms with van der Waals surface area (Å²) in [4.78, 5) is 12.3. The van der Waals surface area contributed by atoms with Crippen LogP contribution in [0, 0.1) is 11.3 Å². The molecule has 24 heavy (non-hydrogen) atoms. The van der Waals surface area contributed by atoms with Gasteiger partial charge in [0.1, 0.15) is 0 Å². The molecule has 0 aliphatic carbocycles. The van der Waals surface area contributed by atoms with Crippen molar-refractivity contribution in [3.63, 3.8) is 0 Å². The maximum atomic E-state index is 12.3. The van der Waals surface area contributed by atoms with E-state index in [2.05, 4.69) is 10.1 Å². The first-order valence-corrected chi connectivity index (χ1v) is 8.87. The van der Waals surface area contributed by atoms with E-state index < -0.39 is 5.41 Å². The Balaban J connectivity index is 2.54. The van der Waals surface area contributed by atoms with Crippen LogP contribution in [0.15, 0.2) is 5.10 Å². The van der Waals surface area contributed by atoms with Gasteiger partial charge in [-0.1, -0.05) is 6.92 Å². The third-order valence-electron chi connectivity index (χ3n) is 4.53. The molecule has 0 amide bonds. The molecule has 0 saturated carbocycles. The number of rotatable bonds is 10. The summed E-state index contributed by atoms with van der Waals surface area (Å²) in [6.45, 7) is 12.4. The third kappa shape index (κ3) is 6.40. The van der Waals surface area contributed by atoms with Crippen LogP contribution in [0.4, 0.5) is 0 Å². The molecule has 6 nitrogen and oxygen atoms in total. The fourth-order valence-corrected chi connectivity index (χ4v) is 2.43. The lowest BCUT2D eigenvalue weighted by Gasteiger charge is -2.29. The van der Waals surface area contributed by atoms with Gasteiger partial charge in [-0.3, -0.25) is 9.80 Å². The Morgan fingerprint density at radius 3 is 2.67 bits per heavy atom. The summed E-state index contributed by atoms with van der Waals surface area (Å²) in [7, 11) is 1.67. The van der Waals surface area contributed by atoms with Gasteiger partial charge >= 0.3 is 5.97 Å². The minimum atomic E-state index is -0.599. The molecule has 0 aromatic carbocycles. The minimum absolute atomic E-state index is 0.0144. The molecule has 1 aliphatic heterocycles. The van der Waals surface area contributed by atoms with Crippen LogP contribution in [0.3, 0.4) is 0 Å². The van der Waals surface area contributed by atoms with Gasteiger partial charge in [0, 0.05) is 25.8 Å². The van der Waals surface area contributed by atoms with Crippen LogP contribution in [0.2, 0.25) is 0 Å². The molecule has 1 rings (SSSR count). The van der Waals surface area contributed by atoms with Gasteiger partial charge in [0.25, 0.3) is 0 Å². The maximum Gasteiger partial charge on any atom is 0.312 e. The van der Waals surface area contributed by atoms with Crippen LogP contribution in [0.5, 0.6) is 0 Å². The fourth-order valence-electron chi connectivity index (χ4n) is 2.43. The first-order valence-electron chi connectivity index (χ1n) is 8.87. The van der Waals surface area contributed by atoms with Gasteiger partial charge in [-0.2, -0.15) is 5.10 Å². The fraction of sp³-hybridized carbons (Fsp3) is 0.889. The smallest absolute Gasteiger partial charge is 0.312 e. The van der Waals surface area contributed by atoms with E-state index in [4.69, 9.17) is 14.2 Å². The highest BCUT2D eigenvalue weighted by Crippen LogP contribution is 2.28. The zero-order chi connectivity index (χ0) is 18.2. The SMILES string of the molecule is COCCOC[C@@H]1CCCN1/N=C/[C@H](C)C(C)(C)C(=O)OC(C)C. The van der Waals surface area contributed by atoms with Crippen molar-refractivity contribution in [3.05, 3.63) is 0 Å². The average molecular weight is 342 g/mol. The van der Waals surface area contributed by atoms with Crippen molar-refractivity contribution in [2.24, 2.45) is 16.4 Å². The predicted molar refractivity (Wildman–Crippen MR) is 95.1 cm³/mol. The third-order valence-corrected chi connectivity index (χ3v) is 4.53. The van der Waals surface area contributed by atoms with E-state index in [1.807, 2.05) is 40.8 Å². The standard InChI is InChI=1S/C18H34N2O4/c1-14(2)24-17(21)18(4,5)15(3)12-19-20-9-7-8-16(20)13-23-11-10-22-6/h12,14-16H,7-11,13H2,1-6H3/b19-12+/t15-,16-/m0/s1. The number of carbonyl (C=O) groups is 1. The van der Waals surface area contributed by atoms with E-state index in [0.29, 0.717) is 25.9 Å². The Kier molecular flexibility index (Phi) is 8.70. The molecule has 1 saturated heterocycles. The van der Waals surface area contributed by atoms with Crippen molar-refractivity contribution >= 4 is 12.2 Å². The molecule has 1 heterocycles. The van der Waals surface area contributed by atoms with Crippen molar-refractivity contribution in [1.82, 2.24) is 5.01 Å². The second kappa shape index (κ2) is 9.99. The number of hydrazone groups is 1. The Bertz CT molecular complexity index is 410. The maximum absolute atomic E-state index is 12.3. The Morgan fingerprint density at radius 1 is 1.33 bits per heavy atom. The van der Waals surface area contributed by atoms with Gasteiger partial charge in [0.15, 0.2) is 0 Å². The lowest BCUT2D eigenvalue weighted by atomic mass is 9.81. The van der Waals surface area contributed by atoms with Crippen LogP contribution < -0.4 is 0 Å². The first-order chi connectivity index (χ1) is 11.3. The molecule has 0 spiro atoms. The van der Waals surface area contributed by atoms with Crippen LogP contribution >= 0.6 is 0 Å². The second-order valence-corrected chi connectivity index (χ2v) is 7.26. The van der Waals surface area contributed by atoms with E-state index in [-0.39, 0.29) is 18.0 Å². The number of hydrogen-bond donors (Lipinski definition) is 0. The highest BCUT2D eigenvalue weighted by atomic mass is 16.5. The normalized spacial score (nSPS) is 20.1. The molecule has 6 heteroatoms. The van der Waals surface area contributed by atoms with Crippen molar-refractivity contribution in [1.29, 1.82) is 0 Å². The van der Waals surface area contributed by atoms with Crippen LogP contribution in [0.25, 0.3) is 0 Å². The van der Waals surface area contributed by atoms with E-state index in [1.54, 1.807) is 7.11 Å². The number of hydrogen-bond acceptors (Lipinski definition) is 6. The molecule has 0 radical (unpaired) electrons. The predicted octanol–water partition coefficient (Wildman–Crippen LogP) is 2.71. The largest absolute Gasteiger partial charge is 0.463 e. The molecular formula is C18H34N2O4. The second-order valence-electron chi connectivity index (χ2n) is 7.26. The molecule has 0 bridgehead atoms. The van der Waals surface area contributed by atoms with Gasteiger partial charge in [0.05, 0.1) is 37.4 Å². The zero-order valence-electron chi connectivity index (χ0n) is 16.1. The van der Waals surface area contributed by atoms with Gasteiger partial charge in [-0.15, -0.1) is 0 Å². The van der Waals surface area contributed by atoms with Gasteiger partial charge in [-0.25, -0.2) is 0 Å². The quantitative estimate of drug-likeness (QED) is 0.347. The average Bonchev–Trinajstić information content (AvgIpc) is 2.95. The summed E-state index contributed by atoms with van der Waals surface area (Å²) < 4.78 is 16.0. The highest BCUT2D eigenvalue weighted by Gasteiger charge is 2.35. The number of methoxy groups -OCH3 is 1. The highest BCUT2D eigenvalue weighted by molar-refractivity contribution is 5.81. The zero-order valence-corrected chi connectivity index (χ0v) is 16.1. The van der Waals surface area contributed by atoms with Gasteiger partial charge in [0.2, 0.25) is 0 Å². The molecule has 1 aliphatic rings.